The summed E-state index contributed by atoms with van der Waals surface area (Å²) in [4.78, 5) is 23.2. The minimum atomic E-state index is -0.762. The highest BCUT2D eigenvalue weighted by atomic mass is 16.7. The van der Waals surface area contributed by atoms with E-state index in [1.165, 1.54) is 0 Å². The molecule has 7 nitrogen and oxygen atoms in total. The predicted octanol–water partition coefficient (Wildman–Crippen LogP) is 3.59. The third kappa shape index (κ3) is 6.01. The van der Waals surface area contributed by atoms with Crippen molar-refractivity contribution in [1.82, 2.24) is 5.32 Å². The Balaban J connectivity index is 1.78. The number of para-hydroxylation sites is 1. The fourth-order valence-electron chi connectivity index (χ4n) is 2.25. The number of hydrogen-bond donors (Lipinski definition) is 2. The smallest absolute Gasteiger partial charge is 0.496 e. The van der Waals surface area contributed by atoms with Crippen LogP contribution in [0, 0.1) is 0 Å². The Morgan fingerprint density at radius 2 is 1.77 bits per heavy atom. The first kappa shape index (κ1) is 19.1. The van der Waals surface area contributed by atoms with Gasteiger partial charge >= 0.3 is 12.2 Å². The summed E-state index contributed by atoms with van der Waals surface area (Å²) in [5.74, 6) is 1.14. The van der Waals surface area contributed by atoms with Gasteiger partial charge in [-0.2, -0.15) is 0 Å². The quantitative estimate of drug-likeness (QED) is 0.583. The second-order valence-electron chi connectivity index (χ2n) is 5.25. The van der Waals surface area contributed by atoms with Crippen LogP contribution in [0.3, 0.4) is 0 Å². The van der Waals surface area contributed by atoms with E-state index in [1.807, 2.05) is 24.3 Å². The minimum absolute atomic E-state index is 0.244. The highest BCUT2D eigenvalue weighted by Crippen LogP contribution is 2.18. The molecule has 0 aromatic heterocycles. The Bertz CT molecular complexity index is 731. The van der Waals surface area contributed by atoms with Crippen LogP contribution in [0.15, 0.2) is 48.5 Å². The molecule has 0 aliphatic rings. The summed E-state index contributed by atoms with van der Waals surface area (Å²) in [6.07, 6.45) is -0.105. The van der Waals surface area contributed by atoms with Crippen LogP contribution < -0.4 is 20.1 Å². The SMILES string of the molecule is CCOC(=O)Oc1ccc(NC(=O)NCCc2ccccc2OC)cc1. The van der Waals surface area contributed by atoms with Gasteiger partial charge in [-0.15, -0.1) is 0 Å². The molecule has 0 heterocycles. The maximum absolute atomic E-state index is 11.9. The van der Waals surface area contributed by atoms with Crippen molar-refractivity contribution in [3.8, 4) is 11.5 Å². The first-order valence-electron chi connectivity index (χ1n) is 8.23. The Morgan fingerprint density at radius 3 is 2.46 bits per heavy atom. The lowest BCUT2D eigenvalue weighted by molar-refractivity contribution is 0.104. The van der Waals surface area contributed by atoms with Crippen LogP contribution in [0.25, 0.3) is 0 Å². The molecule has 7 heteroatoms. The van der Waals surface area contributed by atoms with E-state index < -0.39 is 6.16 Å². The van der Waals surface area contributed by atoms with Crippen molar-refractivity contribution in [3.63, 3.8) is 0 Å². The van der Waals surface area contributed by atoms with Crippen LogP contribution in [0.1, 0.15) is 12.5 Å². The van der Waals surface area contributed by atoms with Crippen LogP contribution in [0.4, 0.5) is 15.3 Å². The van der Waals surface area contributed by atoms with Crippen LogP contribution in [0.5, 0.6) is 11.5 Å². The van der Waals surface area contributed by atoms with E-state index in [-0.39, 0.29) is 12.6 Å². The molecule has 2 rings (SSSR count). The molecule has 2 aromatic carbocycles. The molecule has 0 radical (unpaired) electrons. The average Bonchev–Trinajstić information content (AvgIpc) is 2.64. The van der Waals surface area contributed by atoms with E-state index in [9.17, 15) is 9.59 Å². The third-order valence-electron chi connectivity index (χ3n) is 3.45. The first-order chi connectivity index (χ1) is 12.6. The molecular weight excluding hydrogens is 336 g/mol. The van der Waals surface area contributed by atoms with Gasteiger partial charge in [-0.1, -0.05) is 18.2 Å². The largest absolute Gasteiger partial charge is 0.513 e. The summed E-state index contributed by atoms with van der Waals surface area (Å²) < 4.78 is 14.9. The van der Waals surface area contributed by atoms with Crippen molar-refractivity contribution in [1.29, 1.82) is 0 Å². The lowest BCUT2D eigenvalue weighted by Crippen LogP contribution is -2.30. The Kier molecular flexibility index (Phi) is 7.30. The summed E-state index contributed by atoms with van der Waals surface area (Å²) in [6, 6.07) is 13.8. The molecule has 2 aromatic rings. The molecule has 0 atom stereocenters. The van der Waals surface area contributed by atoms with Crippen molar-refractivity contribution >= 4 is 17.9 Å². The Labute approximate surface area is 152 Å². The molecule has 0 aliphatic carbocycles. The molecule has 0 aliphatic heterocycles. The highest BCUT2D eigenvalue weighted by molar-refractivity contribution is 5.89. The number of nitrogens with one attached hydrogen (secondary N) is 2. The third-order valence-corrected chi connectivity index (χ3v) is 3.45. The van der Waals surface area contributed by atoms with Crippen LogP contribution >= 0.6 is 0 Å². The number of carbonyl (C=O) groups excluding carboxylic acids is 2. The second kappa shape index (κ2) is 9.93. The zero-order chi connectivity index (χ0) is 18.8. The molecule has 0 saturated heterocycles. The average molecular weight is 358 g/mol. The van der Waals surface area contributed by atoms with E-state index in [0.29, 0.717) is 24.4 Å². The van der Waals surface area contributed by atoms with Gasteiger partial charge in [0.2, 0.25) is 0 Å². The number of urea groups is 1. The highest BCUT2D eigenvalue weighted by Gasteiger charge is 2.07. The molecule has 0 fully saturated rings. The summed E-state index contributed by atoms with van der Waals surface area (Å²) in [7, 11) is 1.62. The Morgan fingerprint density at radius 1 is 1.04 bits per heavy atom. The molecule has 0 unspecified atom stereocenters. The van der Waals surface area contributed by atoms with Crippen molar-refractivity contribution < 1.29 is 23.8 Å². The summed E-state index contributed by atoms with van der Waals surface area (Å²) in [6.45, 7) is 2.41. The van der Waals surface area contributed by atoms with Gasteiger partial charge in [-0.25, -0.2) is 9.59 Å². The monoisotopic (exact) mass is 358 g/mol. The maximum Gasteiger partial charge on any atom is 0.513 e. The molecular formula is C19H22N2O5. The van der Waals surface area contributed by atoms with Crippen LogP contribution in [-0.4, -0.2) is 32.4 Å². The standard InChI is InChI=1S/C19H22N2O5/c1-3-25-19(23)26-16-10-8-15(9-11-16)21-18(22)20-13-12-14-6-4-5-7-17(14)24-2/h4-11H,3,12-13H2,1-2H3,(H2,20,21,22). The maximum atomic E-state index is 11.9. The van der Waals surface area contributed by atoms with Crippen LogP contribution in [-0.2, 0) is 11.2 Å². The van der Waals surface area contributed by atoms with Gasteiger partial charge < -0.3 is 24.8 Å². The lowest BCUT2D eigenvalue weighted by Gasteiger charge is -2.10. The molecule has 0 saturated carbocycles. The fraction of sp³-hybridized carbons (Fsp3) is 0.263. The van der Waals surface area contributed by atoms with Gasteiger partial charge in [0.1, 0.15) is 11.5 Å². The zero-order valence-electron chi connectivity index (χ0n) is 14.8. The number of amides is 2. The molecule has 138 valence electrons. The lowest BCUT2D eigenvalue weighted by atomic mass is 10.1. The number of carbonyl (C=O) groups is 2. The first-order valence-corrected chi connectivity index (χ1v) is 8.23. The van der Waals surface area contributed by atoms with Crippen molar-refractivity contribution in [2.45, 2.75) is 13.3 Å². The van der Waals surface area contributed by atoms with E-state index in [2.05, 4.69) is 15.4 Å². The second-order valence-corrected chi connectivity index (χ2v) is 5.25. The number of methoxy groups -OCH3 is 1. The number of hydrogen-bond acceptors (Lipinski definition) is 5. The Hall–Kier alpha value is -3.22. The molecule has 26 heavy (non-hydrogen) atoms. The van der Waals surface area contributed by atoms with E-state index >= 15 is 0 Å². The summed E-state index contributed by atoms with van der Waals surface area (Å²) in [5, 5.41) is 5.49. The van der Waals surface area contributed by atoms with E-state index in [0.717, 1.165) is 11.3 Å². The zero-order valence-corrected chi connectivity index (χ0v) is 14.8. The van der Waals surface area contributed by atoms with E-state index in [1.54, 1.807) is 38.3 Å². The van der Waals surface area contributed by atoms with E-state index in [4.69, 9.17) is 9.47 Å². The number of ether oxygens (including phenoxy) is 3. The van der Waals surface area contributed by atoms with Gasteiger partial charge in [0.25, 0.3) is 0 Å². The van der Waals surface area contributed by atoms with Gasteiger partial charge in [-0.3, -0.25) is 0 Å². The number of benzene rings is 2. The number of anilines is 1. The molecule has 2 N–H and O–H groups in total. The topological polar surface area (TPSA) is 85.9 Å². The van der Waals surface area contributed by atoms with Crippen LogP contribution in [0.2, 0.25) is 0 Å². The molecule has 0 spiro atoms. The van der Waals surface area contributed by atoms with Gasteiger partial charge in [0.05, 0.1) is 13.7 Å². The summed E-state index contributed by atoms with van der Waals surface area (Å²) >= 11 is 0. The molecule has 2 amide bonds. The van der Waals surface area contributed by atoms with Gasteiger partial charge in [0, 0.05) is 12.2 Å². The normalized spacial score (nSPS) is 9.92. The summed E-state index contributed by atoms with van der Waals surface area (Å²) in [5.41, 5.74) is 1.60. The fourth-order valence-corrected chi connectivity index (χ4v) is 2.25. The van der Waals surface area contributed by atoms with Crippen molar-refractivity contribution in [2.24, 2.45) is 0 Å². The van der Waals surface area contributed by atoms with Gasteiger partial charge in [-0.05, 0) is 49.2 Å². The van der Waals surface area contributed by atoms with Crippen molar-refractivity contribution in [2.75, 3.05) is 25.6 Å². The number of rotatable bonds is 7. The molecule has 0 bridgehead atoms. The predicted molar refractivity (Wildman–Crippen MR) is 97.8 cm³/mol. The minimum Gasteiger partial charge on any atom is -0.496 e. The van der Waals surface area contributed by atoms with Crippen molar-refractivity contribution in [3.05, 3.63) is 54.1 Å². The van der Waals surface area contributed by atoms with Gasteiger partial charge in [0.15, 0.2) is 0 Å².